The molecule has 0 saturated heterocycles. The number of carbonyl (C=O) groups excluding carboxylic acids is 1. The fraction of sp³-hybridized carbons (Fsp3) is 0.375. The van der Waals surface area contributed by atoms with Gasteiger partial charge < -0.3 is 14.8 Å². The van der Waals surface area contributed by atoms with Gasteiger partial charge in [-0.3, -0.25) is 4.79 Å². The summed E-state index contributed by atoms with van der Waals surface area (Å²) in [4.78, 5) is 23.4. The van der Waals surface area contributed by atoms with E-state index >= 15 is 0 Å². The Hall–Kier alpha value is -2.30. The van der Waals surface area contributed by atoms with Gasteiger partial charge >= 0.3 is 5.97 Å². The number of aryl methyl sites for hydroxylation is 2. The van der Waals surface area contributed by atoms with E-state index in [1.54, 1.807) is 6.92 Å². The van der Waals surface area contributed by atoms with Gasteiger partial charge in [-0.25, -0.2) is 4.79 Å². The van der Waals surface area contributed by atoms with Gasteiger partial charge in [0.1, 0.15) is 11.6 Å². The van der Waals surface area contributed by atoms with Crippen molar-refractivity contribution in [2.24, 2.45) is 0 Å². The van der Waals surface area contributed by atoms with Gasteiger partial charge in [-0.05, 0) is 25.8 Å². The number of aliphatic carboxylic acids is 1. The van der Waals surface area contributed by atoms with E-state index in [-0.39, 0.29) is 5.76 Å². The van der Waals surface area contributed by atoms with Crippen molar-refractivity contribution in [3.05, 3.63) is 35.1 Å². The first-order valence-electron chi connectivity index (χ1n) is 6.98. The van der Waals surface area contributed by atoms with E-state index in [1.165, 1.54) is 0 Å². The highest BCUT2D eigenvalue weighted by atomic mass is 16.4. The first kappa shape index (κ1) is 15.1. The summed E-state index contributed by atoms with van der Waals surface area (Å²) < 4.78 is 5.65. The highest BCUT2D eigenvalue weighted by molar-refractivity contribution is 6.00. The Balaban J connectivity index is 2.33. The Morgan fingerprint density at radius 2 is 2.05 bits per heavy atom. The highest BCUT2D eigenvalue weighted by Crippen LogP contribution is 2.27. The summed E-state index contributed by atoms with van der Waals surface area (Å²) in [6.45, 7) is 5.58. The molecule has 0 aliphatic heterocycles. The minimum Gasteiger partial charge on any atom is -0.480 e. The van der Waals surface area contributed by atoms with Crippen LogP contribution < -0.4 is 5.32 Å². The van der Waals surface area contributed by atoms with Gasteiger partial charge in [0.25, 0.3) is 5.91 Å². The summed E-state index contributed by atoms with van der Waals surface area (Å²) in [5, 5.41) is 12.5. The Morgan fingerprint density at radius 3 is 2.62 bits per heavy atom. The van der Waals surface area contributed by atoms with Crippen LogP contribution in [0.2, 0.25) is 0 Å². The van der Waals surface area contributed by atoms with Gasteiger partial charge in [0, 0.05) is 10.9 Å². The van der Waals surface area contributed by atoms with Crippen LogP contribution in [0.3, 0.4) is 0 Å². The molecule has 5 nitrogen and oxygen atoms in total. The lowest BCUT2D eigenvalue weighted by atomic mass is 10.1. The number of nitrogens with one attached hydrogen (secondary N) is 1. The van der Waals surface area contributed by atoms with Crippen LogP contribution in [0.1, 0.15) is 41.4 Å². The first-order valence-corrected chi connectivity index (χ1v) is 6.98. The third kappa shape index (κ3) is 2.91. The van der Waals surface area contributed by atoms with Gasteiger partial charge in [-0.1, -0.05) is 31.5 Å². The van der Waals surface area contributed by atoms with Gasteiger partial charge in [0.05, 0.1) is 0 Å². The molecule has 1 unspecified atom stereocenters. The van der Waals surface area contributed by atoms with Crippen molar-refractivity contribution in [3.8, 4) is 0 Å². The topological polar surface area (TPSA) is 79.5 Å². The average molecular weight is 289 g/mol. The van der Waals surface area contributed by atoms with Crippen LogP contribution in [-0.2, 0) is 4.79 Å². The van der Waals surface area contributed by atoms with Gasteiger partial charge in [0.15, 0.2) is 5.76 Å². The molecule has 0 aliphatic rings. The standard InChI is InChI=1S/C16H19NO4/c1-4-6-12(16(19)20)17-15(18)14-10(3)11-8-5-7-9(2)13(11)21-14/h5,7-8,12H,4,6H2,1-3H3,(H,17,18)(H,19,20). The van der Waals surface area contributed by atoms with Crippen LogP contribution in [-0.4, -0.2) is 23.0 Å². The number of amides is 1. The van der Waals surface area contributed by atoms with Crippen molar-refractivity contribution in [2.75, 3.05) is 0 Å². The second kappa shape index (κ2) is 5.99. The highest BCUT2D eigenvalue weighted by Gasteiger charge is 2.24. The predicted molar refractivity (Wildman–Crippen MR) is 79.5 cm³/mol. The maximum Gasteiger partial charge on any atom is 0.326 e. The fourth-order valence-electron chi connectivity index (χ4n) is 2.37. The molecule has 0 bridgehead atoms. The number of furan rings is 1. The summed E-state index contributed by atoms with van der Waals surface area (Å²) in [6.07, 6.45) is 1.06. The van der Waals surface area contributed by atoms with Crippen molar-refractivity contribution in [1.29, 1.82) is 0 Å². The molecular formula is C16H19NO4. The molecule has 1 amide bonds. The summed E-state index contributed by atoms with van der Waals surface area (Å²) in [5.74, 6) is -1.33. The van der Waals surface area contributed by atoms with Crippen molar-refractivity contribution >= 4 is 22.8 Å². The molecule has 0 fully saturated rings. The molecule has 1 heterocycles. The number of para-hydroxylation sites is 1. The average Bonchev–Trinajstić information content (AvgIpc) is 2.77. The molecule has 0 spiro atoms. The number of carboxylic acid groups (broad SMARTS) is 1. The Bertz CT molecular complexity index is 687. The second-order valence-corrected chi connectivity index (χ2v) is 5.16. The van der Waals surface area contributed by atoms with Gasteiger partial charge in [0.2, 0.25) is 0 Å². The third-order valence-corrected chi connectivity index (χ3v) is 3.55. The first-order chi connectivity index (χ1) is 9.95. The number of hydrogen-bond donors (Lipinski definition) is 2. The minimum atomic E-state index is -1.03. The molecule has 112 valence electrons. The van der Waals surface area contributed by atoms with Crippen LogP contribution in [0, 0.1) is 13.8 Å². The maximum absolute atomic E-state index is 12.3. The SMILES string of the molecule is CCCC(NC(=O)c1oc2c(C)cccc2c1C)C(=O)O. The molecule has 0 radical (unpaired) electrons. The van der Waals surface area contributed by atoms with E-state index in [2.05, 4.69) is 5.32 Å². The number of carboxylic acids is 1. The number of hydrogen-bond acceptors (Lipinski definition) is 3. The van der Waals surface area contributed by atoms with E-state index < -0.39 is 17.9 Å². The lowest BCUT2D eigenvalue weighted by Gasteiger charge is -2.12. The quantitative estimate of drug-likeness (QED) is 0.886. The molecule has 2 rings (SSSR count). The largest absolute Gasteiger partial charge is 0.480 e. The predicted octanol–water partition coefficient (Wildman–Crippen LogP) is 3.03. The zero-order chi connectivity index (χ0) is 15.6. The smallest absolute Gasteiger partial charge is 0.326 e. The van der Waals surface area contributed by atoms with Crippen molar-refractivity contribution in [2.45, 2.75) is 39.7 Å². The molecule has 1 atom stereocenters. The molecule has 21 heavy (non-hydrogen) atoms. The monoisotopic (exact) mass is 289 g/mol. The number of rotatable bonds is 5. The molecule has 0 saturated carbocycles. The van der Waals surface area contributed by atoms with Gasteiger partial charge in [-0.2, -0.15) is 0 Å². The van der Waals surface area contributed by atoms with Crippen LogP contribution in [0.25, 0.3) is 11.0 Å². The van der Waals surface area contributed by atoms with Crippen LogP contribution in [0.5, 0.6) is 0 Å². The second-order valence-electron chi connectivity index (χ2n) is 5.16. The van der Waals surface area contributed by atoms with Gasteiger partial charge in [-0.15, -0.1) is 0 Å². The number of benzene rings is 1. The Morgan fingerprint density at radius 1 is 1.33 bits per heavy atom. The lowest BCUT2D eigenvalue weighted by Crippen LogP contribution is -2.40. The molecule has 1 aromatic carbocycles. The summed E-state index contributed by atoms with van der Waals surface area (Å²) in [6, 6.07) is 4.80. The van der Waals surface area contributed by atoms with E-state index in [1.807, 2.05) is 32.0 Å². The van der Waals surface area contributed by atoms with Crippen molar-refractivity contribution in [1.82, 2.24) is 5.32 Å². The number of fused-ring (bicyclic) bond motifs is 1. The zero-order valence-corrected chi connectivity index (χ0v) is 12.4. The Kier molecular flexibility index (Phi) is 4.31. The van der Waals surface area contributed by atoms with E-state index in [0.29, 0.717) is 18.4 Å². The van der Waals surface area contributed by atoms with Crippen molar-refractivity contribution < 1.29 is 19.1 Å². The molecule has 2 N–H and O–H groups in total. The molecule has 5 heteroatoms. The summed E-state index contributed by atoms with van der Waals surface area (Å²) in [5.41, 5.74) is 2.34. The van der Waals surface area contributed by atoms with E-state index in [4.69, 9.17) is 9.52 Å². The molecule has 2 aromatic rings. The third-order valence-electron chi connectivity index (χ3n) is 3.55. The maximum atomic E-state index is 12.3. The molecule has 1 aromatic heterocycles. The summed E-state index contributed by atoms with van der Waals surface area (Å²) in [7, 11) is 0. The van der Waals surface area contributed by atoms with Crippen molar-refractivity contribution in [3.63, 3.8) is 0 Å². The number of carbonyl (C=O) groups is 2. The van der Waals surface area contributed by atoms with Crippen LogP contribution >= 0.6 is 0 Å². The molecular weight excluding hydrogens is 270 g/mol. The minimum absolute atomic E-state index is 0.182. The normalized spacial score (nSPS) is 12.3. The van der Waals surface area contributed by atoms with E-state index in [9.17, 15) is 9.59 Å². The summed E-state index contributed by atoms with van der Waals surface area (Å²) >= 11 is 0. The lowest BCUT2D eigenvalue weighted by molar-refractivity contribution is -0.139. The molecule has 0 aliphatic carbocycles. The van der Waals surface area contributed by atoms with E-state index in [0.717, 1.165) is 16.5 Å². The van der Waals surface area contributed by atoms with Crippen LogP contribution in [0.15, 0.2) is 22.6 Å². The Labute approximate surface area is 122 Å². The fourth-order valence-corrected chi connectivity index (χ4v) is 2.37. The van der Waals surface area contributed by atoms with Crippen LogP contribution in [0.4, 0.5) is 0 Å². The zero-order valence-electron chi connectivity index (χ0n) is 12.4.